The van der Waals surface area contributed by atoms with E-state index in [1.165, 1.54) is 29.2 Å². The Morgan fingerprint density at radius 1 is 0.800 bits per heavy atom. The van der Waals surface area contributed by atoms with Gasteiger partial charge < -0.3 is 10.2 Å². The molecule has 0 aromatic heterocycles. The van der Waals surface area contributed by atoms with Gasteiger partial charge in [-0.05, 0) is 68.3 Å². The van der Waals surface area contributed by atoms with Gasteiger partial charge in [0.05, 0.1) is 20.6 Å². The number of anilines is 1. The number of halogens is 3. The molecule has 0 fully saturated rings. The van der Waals surface area contributed by atoms with Crippen molar-refractivity contribution in [1.82, 2.24) is 10.2 Å². The van der Waals surface area contributed by atoms with E-state index >= 15 is 0 Å². The highest BCUT2D eigenvalue weighted by Crippen LogP contribution is 2.35. The van der Waals surface area contributed by atoms with Crippen molar-refractivity contribution in [2.75, 3.05) is 10.8 Å². The van der Waals surface area contributed by atoms with Crippen molar-refractivity contribution < 1.29 is 18.0 Å². The van der Waals surface area contributed by atoms with Crippen LogP contribution in [0.5, 0.6) is 0 Å². The molecule has 2 amide bonds. The maximum absolute atomic E-state index is 14.5. The molecule has 0 saturated heterocycles. The largest absolute Gasteiger partial charge is 0.352 e. The summed E-state index contributed by atoms with van der Waals surface area (Å²) in [6.45, 7) is 4.87. The van der Waals surface area contributed by atoms with Crippen LogP contribution >= 0.6 is 34.8 Å². The number of sulfonamides is 1. The van der Waals surface area contributed by atoms with Crippen molar-refractivity contribution in [3.05, 3.63) is 129 Å². The fourth-order valence-corrected chi connectivity index (χ4v) is 6.76. The molecule has 7 nitrogen and oxygen atoms in total. The third-order valence-corrected chi connectivity index (χ3v) is 9.89. The lowest BCUT2D eigenvalue weighted by Gasteiger charge is -2.34. The number of aryl methyl sites for hydroxylation is 1. The Balaban J connectivity index is 1.83. The Hall–Kier alpha value is -3.56. The van der Waals surface area contributed by atoms with E-state index in [1.54, 1.807) is 42.5 Å². The number of nitrogens with one attached hydrogen (secondary N) is 1. The van der Waals surface area contributed by atoms with Gasteiger partial charge in [-0.2, -0.15) is 0 Å². The predicted octanol–water partition coefficient (Wildman–Crippen LogP) is 7.32. The first-order chi connectivity index (χ1) is 21.4. The summed E-state index contributed by atoms with van der Waals surface area (Å²) in [5.74, 6) is -0.985. The highest BCUT2D eigenvalue weighted by atomic mass is 35.5. The van der Waals surface area contributed by atoms with Gasteiger partial charge >= 0.3 is 0 Å². The van der Waals surface area contributed by atoms with Crippen LogP contribution in [0.4, 0.5) is 5.69 Å². The van der Waals surface area contributed by atoms with Gasteiger partial charge in [0, 0.05) is 24.0 Å². The van der Waals surface area contributed by atoms with Crippen LogP contribution in [0.15, 0.2) is 102 Å². The molecule has 0 aliphatic carbocycles. The molecule has 0 aliphatic rings. The smallest absolute Gasteiger partial charge is 0.264 e. The van der Waals surface area contributed by atoms with Crippen molar-refractivity contribution in [1.29, 1.82) is 0 Å². The quantitative estimate of drug-likeness (QED) is 0.169. The summed E-state index contributed by atoms with van der Waals surface area (Å²) in [5, 5.41) is 3.55. The molecule has 1 unspecified atom stereocenters. The normalized spacial score (nSPS) is 12.1. The average Bonchev–Trinajstić information content (AvgIpc) is 3.00. The zero-order valence-corrected chi connectivity index (χ0v) is 28.2. The standard InChI is InChI=1S/C34H34Cl3N3O4S/c1-23(2)38-34(42)31(20-25-8-5-4-6-9-25)39(21-26-14-16-27(35)17-15-26)32(41)22-40(30-11-7-10-29(36)33(30)37)45(43,44)28-18-12-24(3)13-19-28/h4-19,23,31H,20-22H2,1-3H3,(H,38,42). The van der Waals surface area contributed by atoms with Crippen LogP contribution in [0.25, 0.3) is 0 Å². The molecule has 45 heavy (non-hydrogen) atoms. The van der Waals surface area contributed by atoms with Crippen molar-refractivity contribution in [2.24, 2.45) is 0 Å². The second-order valence-corrected chi connectivity index (χ2v) is 14.0. The molecule has 0 spiro atoms. The molecule has 11 heteroatoms. The third kappa shape index (κ3) is 8.79. The van der Waals surface area contributed by atoms with E-state index in [-0.39, 0.29) is 45.5 Å². The molecule has 1 atom stereocenters. The number of benzene rings is 4. The number of carbonyl (C=O) groups is 2. The summed E-state index contributed by atoms with van der Waals surface area (Å²) in [6.07, 6.45) is 0.196. The molecule has 4 aromatic rings. The third-order valence-electron chi connectivity index (χ3n) is 7.06. The number of amides is 2. The Labute approximate surface area is 279 Å². The predicted molar refractivity (Wildman–Crippen MR) is 181 cm³/mol. The summed E-state index contributed by atoms with van der Waals surface area (Å²) >= 11 is 19.0. The Morgan fingerprint density at radius 3 is 2.07 bits per heavy atom. The highest BCUT2D eigenvalue weighted by molar-refractivity contribution is 7.92. The van der Waals surface area contributed by atoms with E-state index in [0.717, 1.165) is 15.4 Å². The van der Waals surface area contributed by atoms with Crippen LogP contribution in [0.2, 0.25) is 15.1 Å². The topological polar surface area (TPSA) is 86.8 Å². The van der Waals surface area contributed by atoms with Crippen LogP contribution in [-0.4, -0.2) is 43.8 Å². The van der Waals surface area contributed by atoms with E-state index in [4.69, 9.17) is 34.8 Å². The van der Waals surface area contributed by atoms with Gasteiger partial charge in [0.2, 0.25) is 11.8 Å². The van der Waals surface area contributed by atoms with Gasteiger partial charge in [-0.3, -0.25) is 13.9 Å². The van der Waals surface area contributed by atoms with Crippen LogP contribution < -0.4 is 9.62 Å². The van der Waals surface area contributed by atoms with Gasteiger partial charge in [-0.25, -0.2) is 8.42 Å². The first kappa shape index (κ1) is 34.3. The maximum Gasteiger partial charge on any atom is 0.264 e. The average molecular weight is 687 g/mol. The summed E-state index contributed by atoms with van der Waals surface area (Å²) in [5.41, 5.74) is 2.44. The molecule has 236 valence electrons. The monoisotopic (exact) mass is 685 g/mol. The van der Waals surface area contributed by atoms with Crippen LogP contribution in [0.3, 0.4) is 0 Å². The summed E-state index contributed by atoms with van der Waals surface area (Å²) in [6, 6.07) is 25.9. The summed E-state index contributed by atoms with van der Waals surface area (Å²) in [4.78, 5) is 29.6. The van der Waals surface area contributed by atoms with Gasteiger partial charge in [-0.15, -0.1) is 0 Å². The lowest BCUT2D eigenvalue weighted by molar-refractivity contribution is -0.140. The Morgan fingerprint density at radius 2 is 1.44 bits per heavy atom. The number of nitrogens with zero attached hydrogens (tertiary/aromatic N) is 2. The molecule has 0 bridgehead atoms. The van der Waals surface area contributed by atoms with Crippen molar-refractivity contribution in [3.8, 4) is 0 Å². The first-order valence-electron chi connectivity index (χ1n) is 14.3. The van der Waals surface area contributed by atoms with E-state index in [0.29, 0.717) is 10.6 Å². The molecular weight excluding hydrogens is 653 g/mol. The molecule has 0 radical (unpaired) electrons. The van der Waals surface area contributed by atoms with Crippen molar-refractivity contribution in [3.63, 3.8) is 0 Å². The van der Waals surface area contributed by atoms with Crippen molar-refractivity contribution >= 4 is 62.3 Å². The first-order valence-corrected chi connectivity index (χ1v) is 16.9. The van der Waals surface area contributed by atoms with Crippen LogP contribution in [0.1, 0.15) is 30.5 Å². The van der Waals surface area contributed by atoms with Crippen LogP contribution in [0, 0.1) is 6.92 Å². The second-order valence-electron chi connectivity index (χ2n) is 10.9. The molecule has 4 aromatic carbocycles. The summed E-state index contributed by atoms with van der Waals surface area (Å²) < 4.78 is 29.3. The Bertz CT molecular complexity index is 1730. The zero-order valence-electron chi connectivity index (χ0n) is 25.1. The molecule has 0 saturated carbocycles. The summed E-state index contributed by atoms with van der Waals surface area (Å²) in [7, 11) is -4.32. The van der Waals surface area contributed by atoms with E-state index in [1.807, 2.05) is 51.1 Å². The van der Waals surface area contributed by atoms with Gasteiger partial charge in [0.1, 0.15) is 12.6 Å². The molecule has 4 rings (SSSR count). The minimum absolute atomic E-state index is 0.0146. The number of rotatable bonds is 12. The molecule has 1 N–H and O–H groups in total. The second kappa shape index (κ2) is 15.1. The number of carbonyl (C=O) groups excluding carboxylic acids is 2. The van der Waals surface area contributed by atoms with E-state index in [2.05, 4.69) is 5.32 Å². The minimum atomic E-state index is -4.32. The molecule has 0 heterocycles. The van der Waals surface area contributed by atoms with Crippen molar-refractivity contribution in [2.45, 2.75) is 50.7 Å². The van der Waals surface area contributed by atoms with E-state index in [9.17, 15) is 18.0 Å². The lowest BCUT2D eigenvalue weighted by atomic mass is 10.0. The lowest BCUT2D eigenvalue weighted by Crippen LogP contribution is -2.54. The SMILES string of the molecule is Cc1ccc(S(=O)(=O)N(CC(=O)N(Cc2ccc(Cl)cc2)C(Cc2ccccc2)C(=O)NC(C)C)c2cccc(Cl)c2Cl)cc1. The molecular formula is C34H34Cl3N3O4S. The maximum atomic E-state index is 14.5. The number of hydrogen-bond acceptors (Lipinski definition) is 4. The minimum Gasteiger partial charge on any atom is -0.352 e. The fraction of sp³-hybridized carbons (Fsp3) is 0.235. The van der Waals surface area contributed by atoms with Gasteiger partial charge in [-0.1, -0.05) is 101 Å². The Kier molecular flexibility index (Phi) is 11.6. The molecule has 0 aliphatic heterocycles. The van der Waals surface area contributed by atoms with E-state index < -0.39 is 28.5 Å². The highest BCUT2D eigenvalue weighted by Gasteiger charge is 2.35. The van der Waals surface area contributed by atoms with Gasteiger partial charge in [0.15, 0.2) is 0 Å². The number of hydrogen-bond donors (Lipinski definition) is 1. The fourth-order valence-electron chi connectivity index (χ4n) is 4.76. The zero-order chi connectivity index (χ0) is 32.7. The van der Waals surface area contributed by atoms with Gasteiger partial charge in [0.25, 0.3) is 10.0 Å². The van der Waals surface area contributed by atoms with Crippen LogP contribution in [-0.2, 0) is 32.6 Å².